The summed E-state index contributed by atoms with van der Waals surface area (Å²) in [4.78, 5) is 9.25. The van der Waals surface area contributed by atoms with Crippen molar-refractivity contribution in [2.45, 2.75) is 52.4 Å². The van der Waals surface area contributed by atoms with Crippen LogP contribution in [-0.4, -0.2) is 9.97 Å². The highest BCUT2D eigenvalue weighted by atomic mass is 14.8. The molecular weight excluding hydrogens is 316 g/mol. The van der Waals surface area contributed by atoms with Gasteiger partial charge in [0.2, 0.25) is 0 Å². The number of benzene rings is 2. The van der Waals surface area contributed by atoms with Crippen molar-refractivity contribution in [2.24, 2.45) is 0 Å². The maximum absolute atomic E-state index is 4.83. The Morgan fingerprint density at radius 1 is 0.538 bits per heavy atom. The summed E-state index contributed by atoms with van der Waals surface area (Å²) in [7, 11) is 0. The lowest BCUT2D eigenvalue weighted by molar-refractivity contribution is 0.590. The van der Waals surface area contributed by atoms with E-state index < -0.39 is 0 Å². The van der Waals surface area contributed by atoms with Crippen LogP contribution >= 0.6 is 0 Å². The lowest BCUT2D eigenvalue weighted by Crippen LogP contribution is -2.10. The second kappa shape index (κ2) is 6.68. The van der Waals surface area contributed by atoms with Crippen LogP contribution in [0.5, 0.6) is 0 Å². The Morgan fingerprint density at radius 3 is 1.19 bits per heavy atom. The highest BCUT2D eigenvalue weighted by molar-refractivity contribution is 5.65. The third kappa shape index (κ3) is 4.01. The normalized spacial score (nSPS) is 12.2. The van der Waals surface area contributed by atoms with E-state index in [2.05, 4.69) is 95.1 Å². The third-order valence-corrected chi connectivity index (χ3v) is 4.73. The SMILES string of the molecule is CC(C)(C)c1ccc(-c2cncc(-c3ccc(C(C)(C)C)cc3)n2)cc1. The molecule has 2 aromatic carbocycles. The monoisotopic (exact) mass is 344 g/mol. The van der Waals surface area contributed by atoms with Crippen molar-refractivity contribution < 1.29 is 0 Å². The number of nitrogens with zero attached hydrogens (tertiary/aromatic N) is 2. The minimum atomic E-state index is 0.154. The summed E-state index contributed by atoms with van der Waals surface area (Å²) < 4.78 is 0. The molecule has 3 aromatic rings. The van der Waals surface area contributed by atoms with E-state index in [1.807, 2.05) is 12.4 Å². The predicted molar refractivity (Wildman–Crippen MR) is 110 cm³/mol. The minimum absolute atomic E-state index is 0.154. The molecule has 0 saturated heterocycles. The van der Waals surface area contributed by atoms with Crippen LogP contribution in [-0.2, 0) is 10.8 Å². The lowest BCUT2D eigenvalue weighted by Gasteiger charge is -2.19. The van der Waals surface area contributed by atoms with Crippen LogP contribution in [0.3, 0.4) is 0 Å². The zero-order valence-electron chi connectivity index (χ0n) is 16.7. The largest absolute Gasteiger partial charge is 0.260 e. The molecule has 0 aliphatic rings. The van der Waals surface area contributed by atoms with Crippen LogP contribution in [0.1, 0.15) is 52.7 Å². The Balaban J connectivity index is 1.91. The highest BCUT2D eigenvalue weighted by Crippen LogP contribution is 2.28. The van der Waals surface area contributed by atoms with Crippen LogP contribution in [0.15, 0.2) is 60.9 Å². The molecule has 0 atom stereocenters. The Bertz CT molecular complexity index is 804. The van der Waals surface area contributed by atoms with E-state index in [0.717, 1.165) is 22.5 Å². The molecule has 0 aliphatic carbocycles. The van der Waals surface area contributed by atoms with Crippen LogP contribution in [0.2, 0.25) is 0 Å². The number of aromatic nitrogens is 2. The third-order valence-electron chi connectivity index (χ3n) is 4.73. The molecule has 1 heterocycles. The lowest BCUT2D eigenvalue weighted by atomic mass is 9.86. The van der Waals surface area contributed by atoms with Gasteiger partial charge in [0.25, 0.3) is 0 Å². The van der Waals surface area contributed by atoms with Crippen molar-refractivity contribution in [2.75, 3.05) is 0 Å². The van der Waals surface area contributed by atoms with Crippen LogP contribution in [0, 0.1) is 0 Å². The molecule has 0 N–H and O–H groups in total. The second-order valence-electron chi connectivity index (χ2n) is 8.94. The Hall–Kier alpha value is -2.48. The van der Waals surface area contributed by atoms with E-state index in [1.54, 1.807) is 0 Å². The zero-order valence-corrected chi connectivity index (χ0v) is 16.7. The molecule has 0 saturated carbocycles. The standard InChI is InChI=1S/C24H28N2/c1-23(2,3)19-11-7-17(8-12-19)21-15-25-16-22(26-21)18-9-13-20(14-10-18)24(4,5)6/h7-16H,1-6H3. The summed E-state index contributed by atoms with van der Waals surface area (Å²) >= 11 is 0. The number of rotatable bonds is 2. The van der Waals surface area contributed by atoms with Gasteiger partial charge in [-0.3, -0.25) is 4.98 Å². The quantitative estimate of drug-likeness (QED) is 0.537. The van der Waals surface area contributed by atoms with Gasteiger partial charge in [-0.1, -0.05) is 90.1 Å². The average Bonchev–Trinajstić information content (AvgIpc) is 2.61. The van der Waals surface area contributed by atoms with Gasteiger partial charge in [-0.05, 0) is 22.0 Å². The average molecular weight is 345 g/mol. The van der Waals surface area contributed by atoms with Gasteiger partial charge in [0.05, 0.1) is 23.8 Å². The van der Waals surface area contributed by atoms with Crippen molar-refractivity contribution in [1.29, 1.82) is 0 Å². The smallest absolute Gasteiger partial charge is 0.0892 e. The van der Waals surface area contributed by atoms with Gasteiger partial charge in [0, 0.05) is 11.1 Å². The molecule has 0 radical (unpaired) electrons. The molecule has 134 valence electrons. The number of hydrogen-bond donors (Lipinski definition) is 0. The molecule has 2 heteroatoms. The first-order valence-corrected chi connectivity index (χ1v) is 9.18. The van der Waals surface area contributed by atoms with Crippen molar-refractivity contribution >= 4 is 0 Å². The summed E-state index contributed by atoms with van der Waals surface area (Å²) in [5.41, 5.74) is 6.95. The van der Waals surface area contributed by atoms with E-state index >= 15 is 0 Å². The maximum Gasteiger partial charge on any atom is 0.0892 e. The van der Waals surface area contributed by atoms with Crippen molar-refractivity contribution in [3.63, 3.8) is 0 Å². The van der Waals surface area contributed by atoms with Crippen LogP contribution in [0.4, 0.5) is 0 Å². The van der Waals surface area contributed by atoms with Gasteiger partial charge in [-0.15, -0.1) is 0 Å². The van der Waals surface area contributed by atoms with E-state index in [1.165, 1.54) is 11.1 Å². The van der Waals surface area contributed by atoms with Gasteiger partial charge in [0.1, 0.15) is 0 Å². The van der Waals surface area contributed by atoms with Gasteiger partial charge < -0.3 is 0 Å². The highest BCUT2D eigenvalue weighted by Gasteiger charge is 2.15. The summed E-state index contributed by atoms with van der Waals surface area (Å²) in [5, 5.41) is 0. The van der Waals surface area contributed by atoms with E-state index in [0.29, 0.717) is 0 Å². The molecule has 0 unspecified atom stereocenters. The van der Waals surface area contributed by atoms with Gasteiger partial charge in [-0.25, -0.2) is 4.98 Å². The fourth-order valence-electron chi connectivity index (χ4n) is 2.93. The van der Waals surface area contributed by atoms with Crippen molar-refractivity contribution in [3.05, 3.63) is 72.1 Å². The Kier molecular flexibility index (Phi) is 4.70. The molecule has 0 fully saturated rings. The van der Waals surface area contributed by atoms with Crippen LogP contribution < -0.4 is 0 Å². The van der Waals surface area contributed by atoms with E-state index in [-0.39, 0.29) is 10.8 Å². The summed E-state index contributed by atoms with van der Waals surface area (Å²) in [6.45, 7) is 13.4. The van der Waals surface area contributed by atoms with Gasteiger partial charge in [0.15, 0.2) is 0 Å². The maximum atomic E-state index is 4.83. The first-order chi connectivity index (χ1) is 12.1. The summed E-state index contributed by atoms with van der Waals surface area (Å²) in [6, 6.07) is 17.3. The fraction of sp³-hybridized carbons (Fsp3) is 0.333. The fourth-order valence-corrected chi connectivity index (χ4v) is 2.93. The molecular formula is C24H28N2. The van der Waals surface area contributed by atoms with E-state index in [9.17, 15) is 0 Å². The Morgan fingerprint density at radius 2 is 0.885 bits per heavy atom. The molecule has 1 aromatic heterocycles. The Labute approximate surface area is 157 Å². The molecule has 26 heavy (non-hydrogen) atoms. The second-order valence-corrected chi connectivity index (χ2v) is 8.94. The van der Waals surface area contributed by atoms with Gasteiger partial charge in [-0.2, -0.15) is 0 Å². The summed E-state index contributed by atoms with van der Waals surface area (Å²) in [5.74, 6) is 0. The number of hydrogen-bond acceptors (Lipinski definition) is 2. The van der Waals surface area contributed by atoms with Gasteiger partial charge >= 0.3 is 0 Å². The molecule has 0 amide bonds. The van der Waals surface area contributed by atoms with Crippen molar-refractivity contribution in [1.82, 2.24) is 9.97 Å². The topological polar surface area (TPSA) is 25.8 Å². The minimum Gasteiger partial charge on any atom is -0.260 e. The van der Waals surface area contributed by atoms with Crippen molar-refractivity contribution in [3.8, 4) is 22.5 Å². The molecule has 0 spiro atoms. The predicted octanol–water partition coefficient (Wildman–Crippen LogP) is 6.41. The first kappa shape index (κ1) is 18.3. The van der Waals surface area contributed by atoms with E-state index in [4.69, 9.17) is 4.98 Å². The summed E-state index contributed by atoms with van der Waals surface area (Å²) in [6.07, 6.45) is 3.66. The molecule has 0 bridgehead atoms. The molecule has 3 rings (SSSR count). The van der Waals surface area contributed by atoms with Crippen LogP contribution in [0.25, 0.3) is 22.5 Å². The molecule has 0 aliphatic heterocycles. The first-order valence-electron chi connectivity index (χ1n) is 9.18. The molecule has 2 nitrogen and oxygen atoms in total. The zero-order chi connectivity index (χ0) is 18.9.